The van der Waals surface area contributed by atoms with E-state index in [9.17, 15) is 0 Å². The van der Waals surface area contributed by atoms with Gasteiger partial charge in [0.1, 0.15) is 11.3 Å². The SMILES string of the molecule is CCn1c(-c2ccncc2)nc2cnc(Nc3cccc(CCC4CCCC4)c3)nc21. The normalized spacial score (nSPS) is 14.4. The lowest BCUT2D eigenvalue weighted by molar-refractivity contribution is 0.504. The molecule has 0 amide bonds. The Morgan fingerprint density at radius 3 is 2.71 bits per heavy atom. The zero-order valence-electron chi connectivity index (χ0n) is 18.0. The second-order valence-electron chi connectivity index (χ2n) is 8.33. The number of imidazole rings is 1. The fourth-order valence-electron chi connectivity index (χ4n) is 4.60. The summed E-state index contributed by atoms with van der Waals surface area (Å²) >= 11 is 0. The van der Waals surface area contributed by atoms with Crippen molar-refractivity contribution in [3.63, 3.8) is 0 Å². The molecule has 158 valence electrons. The quantitative estimate of drug-likeness (QED) is 0.417. The highest BCUT2D eigenvalue weighted by atomic mass is 15.2. The highest BCUT2D eigenvalue weighted by Crippen LogP contribution is 2.29. The molecule has 1 aromatic carbocycles. The van der Waals surface area contributed by atoms with Crippen molar-refractivity contribution in [2.45, 2.75) is 52.0 Å². The summed E-state index contributed by atoms with van der Waals surface area (Å²) in [4.78, 5) is 18.2. The van der Waals surface area contributed by atoms with E-state index in [1.807, 2.05) is 12.1 Å². The van der Waals surface area contributed by atoms with Crippen molar-refractivity contribution >= 4 is 22.8 Å². The molecule has 6 heteroatoms. The lowest BCUT2D eigenvalue weighted by Crippen LogP contribution is -2.02. The number of rotatable bonds is 7. The molecule has 6 nitrogen and oxygen atoms in total. The molecule has 0 aliphatic heterocycles. The maximum atomic E-state index is 4.79. The van der Waals surface area contributed by atoms with Crippen molar-refractivity contribution in [2.24, 2.45) is 5.92 Å². The molecule has 3 heterocycles. The van der Waals surface area contributed by atoms with Crippen LogP contribution in [0.5, 0.6) is 0 Å². The first-order valence-electron chi connectivity index (χ1n) is 11.3. The Balaban J connectivity index is 1.37. The van der Waals surface area contributed by atoms with Gasteiger partial charge in [-0.1, -0.05) is 37.8 Å². The molecular formula is C25H28N6. The predicted molar refractivity (Wildman–Crippen MR) is 124 cm³/mol. The van der Waals surface area contributed by atoms with E-state index < -0.39 is 0 Å². The summed E-state index contributed by atoms with van der Waals surface area (Å²) in [5.74, 6) is 2.39. The molecule has 0 spiro atoms. The Labute approximate surface area is 182 Å². The number of nitrogens with one attached hydrogen (secondary N) is 1. The van der Waals surface area contributed by atoms with E-state index in [0.717, 1.165) is 47.1 Å². The Bertz CT molecular complexity index is 1160. The fraction of sp³-hybridized carbons (Fsp3) is 0.360. The van der Waals surface area contributed by atoms with E-state index in [1.54, 1.807) is 18.6 Å². The standard InChI is InChI=1S/C25H28N6/c1-2-31-23(20-12-14-26-15-13-20)29-22-17-27-25(30-24(22)31)28-21-9-5-8-19(16-21)11-10-18-6-3-4-7-18/h5,8-9,12-18H,2-4,6-7,10-11H2,1H3,(H,27,28,30). The van der Waals surface area contributed by atoms with E-state index in [1.165, 1.54) is 37.7 Å². The van der Waals surface area contributed by atoms with Gasteiger partial charge in [-0.05, 0) is 55.5 Å². The Hall–Kier alpha value is -3.28. The van der Waals surface area contributed by atoms with Crippen LogP contribution >= 0.6 is 0 Å². The molecule has 1 saturated carbocycles. The Morgan fingerprint density at radius 2 is 1.90 bits per heavy atom. The predicted octanol–water partition coefficient (Wildman–Crippen LogP) is 5.77. The number of nitrogens with zero attached hydrogens (tertiary/aromatic N) is 5. The summed E-state index contributed by atoms with van der Waals surface area (Å²) in [5, 5.41) is 3.39. The molecular weight excluding hydrogens is 384 g/mol. The number of fused-ring (bicyclic) bond motifs is 1. The first-order chi connectivity index (χ1) is 15.3. The van der Waals surface area contributed by atoms with Gasteiger partial charge in [-0.2, -0.15) is 4.98 Å². The van der Waals surface area contributed by atoms with Crippen molar-refractivity contribution in [3.05, 3.63) is 60.6 Å². The van der Waals surface area contributed by atoms with E-state index >= 15 is 0 Å². The topological polar surface area (TPSA) is 68.5 Å². The van der Waals surface area contributed by atoms with E-state index in [0.29, 0.717) is 5.95 Å². The van der Waals surface area contributed by atoms with E-state index in [2.05, 4.69) is 51.0 Å². The van der Waals surface area contributed by atoms with Crippen molar-refractivity contribution in [1.29, 1.82) is 0 Å². The van der Waals surface area contributed by atoms with Crippen LogP contribution in [0, 0.1) is 5.92 Å². The van der Waals surface area contributed by atoms with Gasteiger partial charge >= 0.3 is 0 Å². The van der Waals surface area contributed by atoms with Gasteiger partial charge in [0.2, 0.25) is 5.95 Å². The van der Waals surface area contributed by atoms with Crippen molar-refractivity contribution < 1.29 is 0 Å². The van der Waals surface area contributed by atoms with Gasteiger partial charge in [-0.25, -0.2) is 9.97 Å². The molecule has 31 heavy (non-hydrogen) atoms. The van der Waals surface area contributed by atoms with Crippen LogP contribution < -0.4 is 5.32 Å². The third-order valence-electron chi connectivity index (χ3n) is 6.24. The minimum atomic E-state index is 0.594. The van der Waals surface area contributed by atoms with Crippen molar-refractivity contribution in [3.8, 4) is 11.4 Å². The third kappa shape index (κ3) is 4.29. The first kappa shape index (κ1) is 19.7. The number of anilines is 2. The Kier molecular flexibility index (Phi) is 5.61. The molecule has 1 aliphatic rings. The number of aromatic nitrogens is 5. The van der Waals surface area contributed by atoms with Crippen molar-refractivity contribution in [1.82, 2.24) is 24.5 Å². The summed E-state index contributed by atoms with van der Waals surface area (Å²) in [7, 11) is 0. The first-order valence-corrected chi connectivity index (χ1v) is 11.3. The molecule has 4 aromatic rings. The highest BCUT2D eigenvalue weighted by Gasteiger charge is 2.15. The number of hydrogen-bond donors (Lipinski definition) is 1. The minimum absolute atomic E-state index is 0.594. The van der Waals surface area contributed by atoms with Crippen LogP contribution in [0.15, 0.2) is 55.0 Å². The molecule has 0 unspecified atom stereocenters. The third-order valence-corrected chi connectivity index (χ3v) is 6.24. The van der Waals surface area contributed by atoms with Gasteiger partial charge in [0.05, 0.1) is 6.20 Å². The minimum Gasteiger partial charge on any atom is -0.324 e. The van der Waals surface area contributed by atoms with Crippen LogP contribution in [0.4, 0.5) is 11.6 Å². The summed E-state index contributed by atoms with van der Waals surface area (Å²) in [6, 6.07) is 12.6. The lowest BCUT2D eigenvalue weighted by atomic mass is 9.98. The maximum Gasteiger partial charge on any atom is 0.229 e. The van der Waals surface area contributed by atoms with Gasteiger partial charge in [0.25, 0.3) is 0 Å². The van der Waals surface area contributed by atoms with Gasteiger partial charge in [0, 0.05) is 30.2 Å². The molecule has 0 bridgehead atoms. The molecule has 0 atom stereocenters. The Morgan fingerprint density at radius 1 is 1.06 bits per heavy atom. The second kappa shape index (κ2) is 8.84. The molecule has 0 saturated heterocycles. The second-order valence-corrected chi connectivity index (χ2v) is 8.33. The smallest absolute Gasteiger partial charge is 0.229 e. The van der Waals surface area contributed by atoms with Gasteiger partial charge in [0.15, 0.2) is 5.65 Å². The molecule has 1 fully saturated rings. The molecule has 5 rings (SSSR count). The average molecular weight is 413 g/mol. The lowest BCUT2D eigenvalue weighted by Gasteiger charge is -2.10. The zero-order valence-corrected chi connectivity index (χ0v) is 18.0. The summed E-state index contributed by atoms with van der Waals surface area (Å²) in [6.45, 7) is 2.89. The van der Waals surface area contributed by atoms with Crippen LogP contribution in [-0.4, -0.2) is 24.5 Å². The summed E-state index contributed by atoms with van der Waals surface area (Å²) in [6.07, 6.45) is 13.4. The molecule has 3 aromatic heterocycles. The number of hydrogen-bond acceptors (Lipinski definition) is 5. The number of aryl methyl sites for hydroxylation is 2. The maximum absolute atomic E-state index is 4.79. The van der Waals surface area contributed by atoms with Crippen molar-refractivity contribution in [2.75, 3.05) is 5.32 Å². The van der Waals surface area contributed by atoms with Crippen LogP contribution in [0.3, 0.4) is 0 Å². The summed E-state index contributed by atoms with van der Waals surface area (Å²) < 4.78 is 2.12. The van der Waals surface area contributed by atoms with Crippen LogP contribution in [-0.2, 0) is 13.0 Å². The number of pyridine rings is 1. The molecule has 0 radical (unpaired) electrons. The van der Waals surface area contributed by atoms with E-state index in [-0.39, 0.29) is 0 Å². The van der Waals surface area contributed by atoms with E-state index in [4.69, 9.17) is 9.97 Å². The molecule has 1 N–H and O–H groups in total. The number of benzene rings is 1. The molecule has 1 aliphatic carbocycles. The highest BCUT2D eigenvalue weighted by molar-refractivity contribution is 5.77. The zero-order chi connectivity index (χ0) is 21.0. The monoisotopic (exact) mass is 412 g/mol. The largest absolute Gasteiger partial charge is 0.324 e. The van der Waals surface area contributed by atoms with Gasteiger partial charge in [-0.15, -0.1) is 0 Å². The van der Waals surface area contributed by atoms with Crippen LogP contribution in [0.1, 0.15) is 44.6 Å². The van der Waals surface area contributed by atoms with Crippen LogP contribution in [0.2, 0.25) is 0 Å². The fourth-order valence-corrected chi connectivity index (χ4v) is 4.60. The van der Waals surface area contributed by atoms with Crippen LogP contribution in [0.25, 0.3) is 22.6 Å². The summed E-state index contributed by atoms with van der Waals surface area (Å²) in [5.41, 5.74) is 5.06. The van der Waals surface area contributed by atoms with Gasteiger partial charge < -0.3 is 9.88 Å². The average Bonchev–Trinajstić information content (AvgIpc) is 3.46. The van der Waals surface area contributed by atoms with Gasteiger partial charge in [-0.3, -0.25) is 4.98 Å².